The Labute approximate surface area is 110 Å². The van der Waals surface area contributed by atoms with Crippen LogP contribution in [0.4, 0.5) is 0 Å². The summed E-state index contributed by atoms with van der Waals surface area (Å²) in [7, 11) is 0. The summed E-state index contributed by atoms with van der Waals surface area (Å²) in [5, 5.41) is 1.07. The minimum absolute atomic E-state index is 0.238. The average molecular weight is 252 g/mol. The molecule has 0 radical (unpaired) electrons. The lowest BCUT2D eigenvalue weighted by Crippen LogP contribution is -2.31. The van der Waals surface area contributed by atoms with Gasteiger partial charge in [-0.05, 0) is 18.1 Å². The number of aromatic nitrogens is 1. The van der Waals surface area contributed by atoms with Crippen LogP contribution in [0.15, 0.2) is 48.7 Å². The fraction of sp³-hybridized carbons (Fsp3) is 0.133. The monoisotopic (exact) mass is 252 g/mol. The summed E-state index contributed by atoms with van der Waals surface area (Å²) in [4.78, 5) is 28.6. The van der Waals surface area contributed by atoms with Crippen molar-refractivity contribution in [1.82, 2.24) is 9.88 Å². The van der Waals surface area contributed by atoms with Crippen molar-refractivity contribution >= 4 is 22.7 Å². The molecule has 0 unspecified atom stereocenters. The van der Waals surface area contributed by atoms with Crippen LogP contribution in [0.2, 0.25) is 0 Å². The maximum atomic E-state index is 11.5. The van der Waals surface area contributed by atoms with Gasteiger partial charge in [-0.1, -0.05) is 24.3 Å². The van der Waals surface area contributed by atoms with Crippen LogP contribution in [-0.2, 0) is 16.0 Å². The Kier molecular flexibility index (Phi) is 2.83. The first-order chi connectivity index (χ1) is 9.25. The summed E-state index contributed by atoms with van der Waals surface area (Å²) >= 11 is 0. The summed E-state index contributed by atoms with van der Waals surface area (Å²) in [6.45, 7) is 0.389. The van der Waals surface area contributed by atoms with Crippen molar-refractivity contribution in [3.05, 3.63) is 54.2 Å². The number of hydrogen-bond donors (Lipinski definition) is 0. The molecule has 0 bridgehead atoms. The Morgan fingerprint density at radius 1 is 1.00 bits per heavy atom. The van der Waals surface area contributed by atoms with Gasteiger partial charge in [0.15, 0.2) is 0 Å². The van der Waals surface area contributed by atoms with E-state index in [4.69, 9.17) is 0 Å². The molecule has 0 saturated heterocycles. The van der Waals surface area contributed by atoms with E-state index in [0.717, 1.165) is 16.5 Å². The molecule has 0 saturated carbocycles. The highest BCUT2D eigenvalue weighted by Gasteiger charge is 2.22. The molecule has 4 heteroatoms. The van der Waals surface area contributed by atoms with Gasteiger partial charge in [0.25, 0.3) is 11.8 Å². The second kappa shape index (κ2) is 4.65. The molecule has 0 atom stereocenters. The lowest BCUT2D eigenvalue weighted by molar-refractivity contribution is -0.136. The number of rotatable bonds is 3. The van der Waals surface area contributed by atoms with Crippen molar-refractivity contribution in [2.75, 3.05) is 6.54 Å². The van der Waals surface area contributed by atoms with Crippen LogP contribution in [0.1, 0.15) is 5.56 Å². The quantitative estimate of drug-likeness (QED) is 0.781. The van der Waals surface area contributed by atoms with Crippen molar-refractivity contribution < 1.29 is 9.59 Å². The zero-order valence-electron chi connectivity index (χ0n) is 10.2. The summed E-state index contributed by atoms with van der Waals surface area (Å²) in [6, 6.07) is 9.83. The molecule has 0 N–H and O–H groups in total. The zero-order chi connectivity index (χ0) is 13.2. The molecule has 3 rings (SSSR count). The minimum atomic E-state index is -0.238. The molecule has 1 aromatic carbocycles. The number of hydrogen-bond acceptors (Lipinski definition) is 3. The van der Waals surface area contributed by atoms with E-state index in [1.54, 1.807) is 6.20 Å². The van der Waals surface area contributed by atoms with Crippen LogP contribution in [-0.4, -0.2) is 28.2 Å². The van der Waals surface area contributed by atoms with Crippen molar-refractivity contribution in [1.29, 1.82) is 0 Å². The molecule has 19 heavy (non-hydrogen) atoms. The van der Waals surface area contributed by atoms with Gasteiger partial charge in [0.1, 0.15) is 0 Å². The highest BCUT2D eigenvalue weighted by molar-refractivity contribution is 6.12. The lowest BCUT2D eigenvalue weighted by atomic mass is 10.1. The normalized spacial score (nSPS) is 14.6. The van der Waals surface area contributed by atoms with Gasteiger partial charge in [-0.25, -0.2) is 0 Å². The van der Waals surface area contributed by atoms with E-state index in [2.05, 4.69) is 4.98 Å². The first kappa shape index (κ1) is 11.6. The minimum Gasteiger partial charge on any atom is -0.275 e. The number of carbonyl (C=O) groups is 2. The third-order valence-corrected chi connectivity index (χ3v) is 3.22. The predicted octanol–water partition coefficient (Wildman–Crippen LogP) is 1.70. The average Bonchev–Trinajstić information content (AvgIpc) is 2.76. The van der Waals surface area contributed by atoms with E-state index in [-0.39, 0.29) is 11.8 Å². The number of imide groups is 1. The Balaban J connectivity index is 1.83. The molecule has 0 fully saturated rings. The number of para-hydroxylation sites is 1. The number of fused-ring (bicyclic) bond motifs is 1. The largest absolute Gasteiger partial charge is 0.275 e. The second-order valence-electron chi connectivity index (χ2n) is 4.40. The molecule has 2 amide bonds. The smallest absolute Gasteiger partial charge is 0.253 e. The van der Waals surface area contributed by atoms with Gasteiger partial charge >= 0.3 is 0 Å². The van der Waals surface area contributed by atoms with Crippen molar-refractivity contribution in [3.63, 3.8) is 0 Å². The fourth-order valence-electron chi connectivity index (χ4n) is 2.25. The molecule has 94 valence electrons. The topological polar surface area (TPSA) is 50.3 Å². The number of pyridine rings is 1. The molecule has 1 aliphatic rings. The summed E-state index contributed by atoms with van der Waals surface area (Å²) < 4.78 is 0. The van der Waals surface area contributed by atoms with Gasteiger partial charge in [0.2, 0.25) is 0 Å². The second-order valence-corrected chi connectivity index (χ2v) is 4.40. The van der Waals surface area contributed by atoms with E-state index in [1.165, 1.54) is 17.1 Å². The highest BCUT2D eigenvalue weighted by Crippen LogP contribution is 2.17. The first-order valence-corrected chi connectivity index (χ1v) is 6.12. The third kappa shape index (κ3) is 2.12. The summed E-state index contributed by atoms with van der Waals surface area (Å²) in [6.07, 6.45) is 4.99. The van der Waals surface area contributed by atoms with E-state index in [9.17, 15) is 9.59 Å². The highest BCUT2D eigenvalue weighted by atomic mass is 16.2. The first-order valence-electron chi connectivity index (χ1n) is 6.12. The van der Waals surface area contributed by atoms with Gasteiger partial charge in [0, 0.05) is 30.3 Å². The summed E-state index contributed by atoms with van der Waals surface area (Å²) in [5.41, 5.74) is 1.97. The van der Waals surface area contributed by atoms with Gasteiger partial charge in [-0.3, -0.25) is 19.5 Å². The number of nitrogens with zero attached hydrogens (tertiary/aromatic N) is 2. The van der Waals surface area contributed by atoms with Gasteiger partial charge in [-0.2, -0.15) is 0 Å². The molecular formula is C15H12N2O2. The molecule has 2 aromatic rings. The van der Waals surface area contributed by atoms with E-state index < -0.39 is 0 Å². The Morgan fingerprint density at radius 2 is 1.74 bits per heavy atom. The van der Waals surface area contributed by atoms with Gasteiger partial charge < -0.3 is 0 Å². The number of carbonyl (C=O) groups excluding carboxylic acids is 2. The van der Waals surface area contributed by atoms with Gasteiger partial charge in [0.05, 0.1) is 5.52 Å². The molecule has 4 nitrogen and oxygen atoms in total. The van der Waals surface area contributed by atoms with Crippen LogP contribution in [0.5, 0.6) is 0 Å². The Bertz CT molecular complexity index is 668. The maximum absolute atomic E-state index is 11.5. The molecule has 0 aliphatic carbocycles. The lowest BCUT2D eigenvalue weighted by Gasteiger charge is -2.14. The molecule has 1 aromatic heterocycles. The van der Waals surface area contributed by atoms with Crippen LogP contribution in [0, 0.1) is 0 Å². The number of benzene rings is 1. The standard InChI is InChI=1S/C15H12N2O2/c18-13-6-7-14(19)17(13)10-8-12-4-1-3-11-5-2-9-16-15(11)12/h1-7,9H,8,10H2. The Morgan fingerprint density at radius 3 is 2.53 bits per heavy atom. The zero-order valence-corrected chi connectivity index (χ0v) is 10.2. The van der Waals surface area contributed by atoms with Crippen LogP contribution < -0.4 is 0 Å². The molecular weight excluding hydrogens is 240 g/mol. The van der Waals surface area contributed by atoms with Crippen LogP contribution in [0.3, 0.4) is 0 Å². The molecule has 0 spiro atoms. The van der Waals surface area contributed by atoms with Crippen LogP contribution in [0.25, 0.3) is 10.9 Å². The SMILES string of the molecule is O=C1C=CC(=O)N1CCc1cccc2cccnc12. The van der Waals surface area contributed by atoms with E-state index in [1.807, 2.05) is 30.3 Å². The van der Waals surface area contributed by atoms with Gasteiger partial charge in [-0.15, -0.1) is 0 Å². The molecule has 2 heterocycles. The number of amides is 2. The van der Waals surface area contributed by atoms with Crippen LogP contribution >= 0.6 is 0 Å². The fourth-order valence-corrected chi connectivity index (χ4v) is 2.25. The third-order valence-electron chi connectivity index (χ3n) is 3.22. The predicted molar refractivity (Wildman–Crippen MR) is 71.3 cm³/mol. The van der Waals surface area contributed by atoms with Crippen molar-refractivity contribution in [3.8, 4) is 0 Å². The summed E-state index contributed by atoms with van der Waals surface area (Å²) in [5.74, 6) is -0.476. The molecule has 1 aliphatic heterocycles. The van der Waals surface area contributed by atoms with Crippen molar-refractivity contribution in [2.45, 2.75) is 6.42 Å². The Hall–Kier alpha value is -2.49. The maximum Gasteiger partial charge on any atom is 0.253 e. The van der Waals surface area contributed by atoms with E-state index >= 15 is 0 Å². The van der Waals surface area contributed by atoms with Crippen molar-refractivity contribution in [2.24, 2.45) is 0 Å². The van der Waals surface area contributed by atoms with E-state index in [0.29, 0.717) is 13.0 Å².